The molecule has 2 heterocycles. The molecule has 2 aliphatic heterocycles. The third-order valence-electron chi connectivity index (χ3n) is 4.04. The first kappa shape index (κ1) is 14.0. The van der Waals surface area contributed by atoms with Gasteiger partial charge in [-0.25, -0.2) is 8.78 Å². The minimum atomic E-state index is -0.803. The van der Waals surface area contributed by atoms with E-state index in [-0.39, 0.29) is 11.6 Å². The van der Waals surface area contributed by atoms with E-state index in [1.54, 1.807) is 0 Å². The van der Waals surface area contributed by atoms with Gasteiger partial charge in [0, 0.05) is 36.1 Å². The number of nitrogens with two attached hydrogens (primary N) is 1. The Kier molecular flexibility index (Phi) is 3.41. The van der Waals surface area contributed by atoms with Crippen LogP contribution in [0, 0.1) is 11.6 Å². The van der Waals surface area contributed by atoms with E-state index < -0.39 is 23.5 Å². The number of carbonyl (C=O) groups excluding carboxylic acids is 1. The van der Waals surface area contributed by atoms with Crippen molar-refractivity contribution in [3.63, 3.8) is 0 Å². The van der Waals surface area contributed by atoms with Crippen LogP contribution in [0.4, 0.5) is 14.5 Å². The normalized spacial score (nSPS) is 23.0. The third-order valence-corrected chi connectivity index (χ3v) is 4.04. The van der Waals surface area contributed by atoms with Gasteiger partial charge in [0.15, 0.2) is 0 Å². The second kappa shape index (κ2) is 5.11. The van der Waals surface area contributed by atoms with Crippen molar-refractivity contribution in [2.24, 2.45) is 5.73 Å². The number of rotatable bonds is 2. The lowest BCUT2D eigenvalue weighted by atomic mass is 9.88. The first-order valence-corrected chi connectivity index (χ1v) is 6.94. The Morgan fingerprint density at radius 3 is 2.43 bits per heavy atom. The van der Waals surface area contributed by atoms with E-state index in [0.29, 0.717) is 37.3 Å². The van der Waals surface area contributed by atoms with Crippen molar-refractivity contribution >= 4 is 11.6 Å². The number of allylic oxidation sites excluding steroid dienone is 1. The van der Waals surface area contributed by atoms with Crippen LogP contribution in [0.5, 0.6) is 0 Å². The van der Waals surface area contributed by atoms with Gasteiger partial charge < -0.3 is 16.0 Å². The molecule has 1 aromatic rings. The van der Waals surface area contributed by atoms with Crippen LogP contribution < -0.4 is 16.0 Å². The molecule has 0 radical (unpaired) electrons. The van der Waals surface area contributed by atoms with Crippen LogP contribution in [0.3, 0.4) is 0 Å². The Labute approximate surface area is 121 Å². The highest BCUT2D eigenvalue weighted by Gasteiger charge is 2.32. The number of nitrogens with one attached hydrogen (secondary N) is 1. The zero-order valence-electron chi connectivity index (χ0n) is 11.5. The molecule has 0 bridgehead atoms. The van der Waals surface area contributed by atoms with E-state index in [4.69, 9.17) is 5.73 Å². The molecule has 21 heavy (non-hydrogen) atoms. The average molecular weight is 293 g/mol. The molecule has 2 saturated heterocycles. The van der Waals surface area contributed by atoms with Gasteiger partial charge in [-0.1, -0.05) is 6.58 Å². The molecule has 4 nitrogen and oxygen atoms in total. The van der Waals surface area contributed by atoms with E-state index in [2.05, 4.69) is 11.9 Å². The van der Waals surface area contributed by atoms with Crippen molar-refractivity contribution in [3.8, 4) is 0 Å². The van der Waals surface area contributed by atoms with Crippen LogP contribution in [-0.4, -0.2) is 25.0 Å². The molecule has 0 aliphatic carbocycles. The number of hydrogen-bond acceptors (Lipinski definition) is 3. The fraction of sp³-hybridized carbons (Fsp3) is 0.400. The summed E-state index contributed by atoms with van der Waals surface area (Å²) >= 11 is 0. The average Bonchev–Trinajstić information content (AvgIpc) is 2.36. The predicted molar refractivity (Wildman–Crippen MR) is 75.8 cm³/mol. The first-order chi connectivity index (χ1) is 9.95. The van der Waals surface area contributed by atoms with Crippen molar-refractivity contribution < 1.29 is 13.6 Å². The minimum absolute atomic E-state index is 0.0472. The van der Waals surface area contributed by atoms with E-state index in [1.165, 1.54) is 12.1 Å². The van der Waals surface area contributed by atoms with Gasteiger partial charge in [-0.2, -0.15) is 0 Å². The number of amides is 1. The van der Waals surface area contributed by atoms with E-state index in [9.17, 15) is 13.6 Å². The zero-order chi connectivity index (χ0) is 15.1. The van der Waals surface area contributed by atoms with Gasteiger partial charge in [0.1, 0.15) is 11.6 Å². The lowest BCUT2D eigenvalue weighted by Gasteiger charge is -2.39. The topological polar surface area (TPSA) is 58.4 Å². The molecule has 0 spiro atoms. The van der Waals surface area contributed by atoms with E-state index in [1.807, 2.05) is 4.90 Å². The molecule has 0 saturated carbocycles. The van der Waals surface area contributed by atoms with E-state index in [0.717, 1.165) is 0 Å². The number of hydrogen-bond donors (Lipinski definition) is 2. The van der Waals surface area contributed by atoms with Gasteiger partial charge in [-0.3, -0.25) is 4.79 Å². The van der Waals surface area contributed by atoms with Crippen LogP contribution in [0.2, 0.25) is 0 Å². The molecule has 6 heteroatoms. The van der Waals surface area contributed by atoms with Gasteiger partial charge in [0.05, 0.1) is 5.92 Å². The quantitative estimate of drug-likeness (QED) is 0.871. The highest BCUT2D eigenvalue weighted by atomic mass is 19.1. The molecule has 1 aromatic carbocycles. The molecular formula is C15H17F2N3O. The Morgan fingerprint density at radius 2 is 1.90 bits per heavy atom. The number of benzene rings is 1. The summed E-state index contributed by atoms with van der Waals surface area (Å²) in [6.07, 6.45) is 0.893. The standard InChI is InChI=1S/C15H17F2N3O/c1-8-2-3-11(15(21)19-8)14-12(16)4-10(5-13(14)17)20-6-9(18)7-20/h4-5,9,11H,1-3,6-7,18H2,(H,19,21). The molecule has 1 amide bonds. The number of nitrogens with zero attached hydrogens (tertiary/aromatic N) is 1. The van der Waals surface area contributed by atoms with Crippen LogP contribution in [0.25, 0.3) is 0 Å². The zero-order valence-corrected chi connectivity index (χ0v) is 11.5. The summed E-state index contributed by atoms with van der Waals surface area (Å²) in [5, 5.41) is 2.55. The highest BCUT2D eigenvalue weighted by molar-refractivity contribution is 5.86. The van der Waals surface area contributed by atoms with Crippen LogP contribution >= 0.6 is 0 Å². The van der Waals surface area contributed by atoms with Gasteiger partial charge in [0.2, 0.25) is 5.91 Å². The highest BCUT2D eigenvalue weighted by Crippen LogP contribution is 2.34. The second-order valence-corrected chi connectivity index (χ2v) is 5.67. The van der Waals surface area contributed by atoms with Crippen molar-refractivity contribution in [2.45, 2.75) is 24.8 Å². The summed E-state index contributed by atoms with van der Waals surface area (Å²) in [5.41, 5.74) is 6.57. The first-order valence-electron chi connectivity index (χ1n) is 6.94. The summed E-state index contributed by atoms with van der Waals surface area (Å²) in [7, 11) is 0. The molecule has 1 unspecified atom stereocenters. The van der Waals surface area contributed by atoms with Crippen LogP contribution in [-0.2, 0) is 4.79 Å². The Bertz CT molecular complexity index is 588. The number of carbonyl (C=O) groups is 1. The van der Waals surface area contributed by atoms with Gasteiger partial charge in [-0.15, -0.1) is 0 Å². The van der Waals surface area contributed by atoms with Gasteiger partial charge >= 0.3 is 0 Å². The monoisotopic (exact) mass is 293 g/mol. The predicted octanol–water partition coefficient (Wildman–Crippen LogP) is 1.62. The molecule has 3 rings (SSSR count). The number of anilines is 1. The van der Waals surface area contributed by atoms with Crippen LogP contribution in [0.15, 0.2) is 24.4 Å². The van der Waals surface area contributed by atoms with Gasteiger partial charge in [-0.05, 0) is 25.0 Å². The summed E-state index contributed by atoms with van der Waals surface area (Å²) in [5.74, 6) is -2.57. The maximum atomic E-state index is 14.3. The molecule has 3 N–H and O–H groups in total. The molecule has 112 valence electrons. The summed E-state index contributed by atoms with van der Waals surface area (Å²) in [6, 6.07) is 2.60. The SMILES string of the molecule is C=C1CCC(c2c(F)cc(N3CC(N)C3)cc2F)C(=O)N1. The van der Waals surface area contributed by atoms with Crippen LogP contribution in [0.1, 0.15) is 24.3 Å². The fourth-order valence-corrected chi connectivity index (χ4v) is 2.86. The molecule has 0 aromatic heterocycles. The van der Waals surface area contributed by atoms with E-state index >= 15 is 0 Å². The maximum Gasteiger partial charge on any atom is 0.231 e. The summed E-state index contributed by atoms with van der Waals surface area (Å²) in [4.78, 5) is 13.7. The van der Waals surface area contributed by atoms with Crippen molar-refractivity contribution in [3.05, 3.63) is 41.6 Å². The lowest BCUT2D eigenvalue weighted by molar-refractivity contribution is -0.123. The number of piperidine rings is 1. The van der Waals surface area contributed by atoms with Gasteiger partial charge in [0.25, 0.3) is 0 Å². The Balaban J connectivity index is 1.89. The molecule has 2 aliphatic rings. The third kappa shape index (κ3) is 2.51. The number of halogens is 2. The second-order valence-electron chi connectivity index (χ2n) is 5.67. The molecule has 2 fully saturated rings. The Hall–Kier alpha value is -1.95. The van der Waals surface area contributed by atoms with Crippen molar-refractivity contribution in [2.75, 3.05) is 18.0 Å². The molecule has 1 atom stereocenters. The maximum absolute atomic E-state index is 14.3. The fourth-order valence-electron chi connectivity index (χ4n) is 2.86. The minimum Gasteiger partial charge on any atom is -0.368 e. The smallest absolute Gasteiger partial charge is 0.231 e. The Morgan fingerprint density at radius 1 is 1.29 bits per heavy atom. The summed E-state index contributed by atoms with van der Waals surface area (Å²) < 4.78 is 28.6. The largest absolute Gasteiger partial charge is 0.368 e. The van der Waals surface area contributed by atoms with Crippen molar-refractivity contribution in [1.29, 1.82) is 0 Å². The summed E-state index contributed by atoms with van der Waals surface area (Å²) in [6.45, 7) is 4.83. The lowest BCUT2D eigenvalue weighted by Crippen LogP contribution is -2.55. The molecular weight excluding hydrogens is 276 g/mol. The van der Waals surface area contributed by atoms with Crippen molar-refractivity contribution in [1.82, 2.24) is 5.32 Å².